The summed E-state index contributed by atoms with van der Waals surface area (Å²) in [7, 11) is 0. The molecule has 15 heavy (non-hydrogen) atoms. The molecule has 0 unspecified atom stereocenters. The molecule has 0 aromatic carbocycles. The molecular formula is C13H18OS. The Bertz CT molecular complexity index is 345. The molecule has 2 rings (SSSR count). The van der Waals surface area contributed by atoms with Crippen LogP contribution >= 0.6 is 11.3 Å². The quantitative estimate of drug-likeness (QED) is 0.689. The Morgan fingerprint density at radius 3 is 2.47 bits per heavy atom. The van der Waals surface area contributed by atoms with Gasteiger partial charge in [-0.15, -0.1) is 11.3 Å². The molecule has 0 atom stereocenters. The van der Waals surface area contributed by atoms with Crippen LogP contribution in [0.5, 0.6) is 0 Å². The van der Waals surface area contributed by atoms with Crippen LogP contribution in [-0.4, -0.2) is 5.78 Å². The van der Waals surface area contributed by atoms with Crippen LogP contribution in [0.4, 0.5) is 0 Å². The first-order valence-electron chi connectivity index (χ1n) is 5.77. The second-order valence-electron chi connectivity index (χ2n) is 4.73. The molecule has 0 aliphatic heterocycles. The van der Waals surface area contributed by atoms with E-state index in [4.69, 9.17) is 0 Å². The Morgan fingerprint density at radius 2 is 1.93 bits per heavy atom. The number of carbonyl (C=O) groups is 1. The lowest BCUT2D eigenvalue weighted by Gasteiger charge is -2.24. The number of ketones is 1. The minimum absolute atomic E-state index is 0.305. The van der Waals surface area contributed by atoms with Gasteiger partial charge in [0.25, 0.3) is 0 Å². The van der Waals surface area contributed by atoms with E-state index in [-0.39, 0.29) is 0 Å². The van der Waals surface area contributed by atoms with Crippen molar-refractivity contribution in [2.24, 2.45) is 11.8 Å². The van der Waals surface area contributed by atoms with Gasteiger partial charge in [-0.25, -0.2) is 0 Å². The highest BCUT2D eigenvalue weighted by Gasteiger charge is 2.25. The zero-order valence-electron chi connectivity index (χ0n) is 9.45. The van der Waals surface area contributed by atoms with E-state index < -0.39 is 0 Å². The van der Waals surface area contributed by atoms with Gasteiger partial charge in [0.05, 0.1) is 4.88 Å². The van der Waals surface area contributed by atoms with Crippen LogP contribution in [0.3, 0.4) is 0 Å². The largest absolute Gasteiger partial charge is 0.293 e. The number of Topliss-reactive ketones (excluding diaryl/α,β-unsaturated/α-hetero) is 1. The lowest BCUT2D eigenvalue weighted by molar-refractivity contribution is 0.0880. The molecule has 0 N–H and O–H groups in total. The Balaban J connectivity index is 2.02. The van der Waals surface area contributed by atoms with Gasteiger partial charge in [-0.1, -0.05) is 19.8 Å². The maximum atomic E-state index is 12.1. The number of hydrogen-bond donors (Lipinski definition) is 0. The lowest BCUT2D eigenvalue weighted by Crippen LogP contribution is -2.20. The number of thiophene rings is 1. The zero-order chi connectivity index (χ0) is 10.8. The number of aryl methyl sites for hydroxylation is 1. The van der Waals surface area contributed by atoms with Crippen LogP contribution in [0.2, 0.25) is 0 Å². The van der Waals surface area contributed by atoms with Gasteiger partial charge in [-0.2, -0.15) is 0 Å². The van der Waals surface area contributed by atoms with Crippen LogP contribution in [0.1, 0.15) is 47.2 Å². The van der Waals surface area contributed by atoms with Gasteiger partial charge in [0.1, 0.15) is 0 Å². The van der Waals surface area contributed by atoms with Gasteiger partial charge >= 0.3 is 0 Å². The first kappa shape index (κ1) is 10.9. The molecular weight excluding hydrogens is 204 g/mol. The Kier molecular flexibility index (Phi) is 3.25. The van der Waals surface area contributed by atoms with Gasteiger partial charge in [0, 0.05) is 10.8 Å². The van der Waals surface area contributed by atoms with Crippen LogP contribution in [0, 0.1) is 18.8 Å². The highest BCUT2D eigenvalue weighted by Crippen LogP contribution is 2.32. The van der Waals surface area contributed by atoms with Crippen molar-refractivity contribution in [1.82, 2.24) is 0 Å². The second kappa shape index (κ2) is 4.48. The van der Waals surface area contributed by atoms with Gasteiger partial charge in [-0.05, 0) is 37.8 Å². The molecule has 1 aromatic rings. The SMILES string of the molecule is Cc1ccc(C(=O)C2CCC(C)CC2)s1. The fourth-order valence-corrected chi connectivity index (χ4v) is 3.18. The first-order valence-corrected chi connectivity index (χ1v) is 6.59. The van der Waals surface area contributed by atoms with Crippen molar-refractivity contribution < 1.29 is 4.79 Å². The summed E-state index contributed by atoms with van der Waals surface area (Å²) in [5.41, 5.74) is 0. The van der Waals surface area contributed by atoms with Crippen molar-refractivity contribution in [3.63, 3.8) is 0 Å². The maximum absolute atomic E-state index is 12.1. The van der Waals surface area contributed by atoms with E-state index in [1.165, 1.54) is 17.7 Å². The lowest BCUT2D eigenvalue weighted by atomic mass is 9.80. The van der Waals surface area contributed by atoms with Crippen molar-refractivity contribution in [3.05, 3.63) is 21.9 Å². The van der Waals surface area contributed by atoms with Gasteiger partial charge < -0.3 is 0 Å². The predicted octanol–water partition coefficient (Wildman–Crippen LogP) is 4.07. The molecule has 0 radical (unpaired) electrons. The highest BCUT2D eigenvalue weighted by atomic mass is 32.1. The fraction of sp³-hybridized carbons (Fsp3) is 0.615. The molecule has 1 saturated carbocycles. The summed E-state index contributed by atoms with van der Waals surface area (Å²) in [6, 6.07) is 4.03. The van der Waals surface area contributed by atoms with Gasteiger partial charge in [0.2, 0.25) is 0 Å². The molecule has 2 heteroatoms. The number of rotatable bonds is 2. The molecule has 1 aliphatic carbocycles. The highest BCUT2D eigenvalue weighted by molar-refractivity contribution is 7.14. The fourth-order valence-electron chi connectivity index (χ4n) is 2.29. The molecule has 1 aromatic heterocycles. The average molecular weight is 222 g/mol. The molecule has 1 fully saturated rings. The standard InChI is InChI=1S/C13H18OS/c1-9-3-6-11(7-4-9)13(14)12-8-5-10(2)15-12/h5,8-9,11H,3-4,6-7H2,1-2H3. The predicted molar refractivity (Wildman–Crippen MR) is 64.5 cm³/mol. The molecule has 0 bridgehead atoms. The molecule has 0 amide bonds. The monoisotopic (exact) mass is 222 g/mol. The summed E-state index contributed by atoms with van der Waals surface area (Å²) in [6.07, 6.45) is 4.63. The summed E-state index contributed by atoms with van der Waals surface area (Å²) in [6.45, 7) is 4.35. The van der Waals surface area contributed by atoms with Crippen LogP contribution in [-0.2, 0) is 0 Å². The third-order valence-electron chi connectivity index (χ3n) is 3.37. The average Bonchev–Trinajstić information content (AvgIpc) is 2.65. The second-order valence-corrected chi connectivity index (χ2v) is 6.02. The van der Waals surface area contributed by atoms with Crippen LogP contribution in [0.25, 0.3) is 0 Å². The molecule has 1 aliphatic rings. The number of carbonyl (C=O) groups excluding carboxylic acids is 1. The van der Waals surface area contributed by atoms with Crippen molar-refractivity contribution in [2.75, 3.05) is 0 Å². The summed E-state index contributed by atoms with van der Waals surface area (Å²) in [5.74, 6) is 1.51. The van der Waals surface area contributed by atoms with Crippen molar-refractivity contribution in [1.29, 1.82) is 0 Å². The minimum Gasteiger partial charge on any atom is -0.293 e. The Morgan fingerprint density at radius 1 is 1.27 bits per heavy atom. The van der Waals surface area contributed by atoms with Crippen molar-refractivity contribution in [2.45, 2.75) is 39.5 Å². The minimum atomic E-state index is 0.305. The first-order chi connectivity index (χ1) is 7.16. The van der Waals surface area contributed by atoms with Crippen molar-refractivity contribution in [3.8, 4) is 0 Å². The molecule has 82 valence electrons. The summed E-state index contributed by atoms with van der Waals surface area (Å²) >= 11 is 1.64. The normalized spacial score (nSPS) is 26.5. The van der Waals surface area contributed by atoms with E-state index in [2.05, 4.69) is 13.8 Å². The van der Waals surface area contributed by atoms with Gasteiger partial charge in [-0.3, -0.25) is 4.79 Å². The Labute approximate surface area is 95.5 Å². The van der Waals surface area contributed by atoms with Crippen LogP contribution in [0.15, 0.2) is 12.1 Å². The summed E-state index contributed by atoms with van der Waals surface area (Å²) in [5, 5.41) is 0. The van der Waals surface area contributed by atoms with E-state index in [9.17, 15) is 4.79 Å². The van der Waals surface area contributed by atoms with Crippen molar-refractivity contribution >= 4 is 17.1 Å². The summed E-state index contributed by atoms with van der Waals surface area (Å²) < 4.78 is 0. The Hall–Kier alpha value is -0.630. The van der Waals surface area contributed by atoms with E-state index in [0.717, 1.165) is 23.6 Å². The van der Waals surface area contributed by atoms with E-state index in [1.807, 2.05) is 12.1 Å². The molecule has 0 saturated heterocycles. The smallest absolute Gasteiger partial charge is 0.175 e. The molecule has 0 spiro atoms. The maximum Gasteiger partial charge on any atom is 0.175 e. The number of hydrogen-bond acceptors (Lipinski definition) is 2. The van der Waals surface area contributed by atoms with Gasteiger partial charge in [0.15, 0.2) is 5.78 Å². The topological polar surface area (TPSA) is 17.1 Å². The third-order valence-corrected chi connectivity index (χ3v) is 4.39. The zero-order valence-corrected chi connectivity index (χ0v) is 10.3. The van der Waals surface area contributed by atoms with Crippen LogP contribution < -0.4 is 0 Å². The molecule has 1 heterocycles. The van der Waals surface area contributed by atoms with E-state index in [1.54, 1.807) is 11.3 Å². The van der Waals surface area contributed by atoms with E-state index in [0.29, 0.717) is 11.7 Å². The van der Waals surface area contributed by atoms with E-state index >= 15 is 0 Å². The molecule has 1 nitrogen and oxygen atoms in total. The third kappa shape index (κ3) is 2.49. The summed E-state index contributed by atoms with van der Waals surface area (Å²) in [4.78, 5) is 14.3.